The minimum Gasteiger partial charge on any atom is -0.460 e. The molecule has 0 saturated heterocycles. The van der Waals surface area contributed by atoms with Gasteiger partial charge in [-0.1, -0.05) is 26.2 Å². The molecule has 2 rings (SSSR count). The van der Waals surface area contributed by atoms with Gasteiger partial charge in [0.2, 0.25) is 0 Å². The first-order valence-electron chi connectivity index (χ1n) is 6.12. The number of rotatable bonds is 6. The number of aryl methyl sites for hydroxylation is 1. The zero-order valence-corrected chi connectivity index (χ0v) is 9.83. The standard InChI is InChI=1S/C14H19NO/c1-2-3-4-5-7-12-9-10-14(16-12)13-8-6-11-15-13/h6,8-11,15H,2-5,7H2,1H3. The molecule has 2 heterocycles. The maximum absolute atomic E-state index is 5.78. The fourth-order valence-corrected chi connectivity index (χ4v) is 1.87. The van der Waals surface area contributed by atoms with Gasteiger partial charge in [0.15, 0.2) is 0 Å². The quantitative estimate of drug-likeness (QED) is 0.714. The van der Waals surface area contributed by atoms with Crippen LogP contribution in [-0.4, -0.2) is 4.98 Å². The van der Waals surface area contributed by atoms with Crippen LogP contribution in [0.5, 0.6) is 0 Å². The SMILES string of the molecule is CCCCCCc1ccc(-c2ccc[nH]2)o1. The molecular formula is C14H19NO. The fourth-order valence-electron chi connectivity index (χ4n) is 1.87. The lowest BCUT2D eigenvalue weighted by Crippen LogP contribution is -1.82. The number of unbranched alkanes of at least 4 members (excludes halogenated alkanes) is 3. The number of hydrogen-bond donors (Lipinski definition) is 1. The third kappa shape index (κ3) is 2.78. The third-order valence-electron chi connectivity index (χ3n) is 2.80. The van der Waals surface area contributed by atoms with E-state index in [-0.39, 0.29) is 0 Å². The summed E-state index contributed by atoms with van der Waals surface area (Å²) in [5, 5.41) is 0. The molecule has 1 N–H and O–H groups in total. The molecule has 0 aromatic carbocycles. The number of aromatic nitrogens is 1. The lowest BCUT2D eigenvalue weighted by atomic mass is 10.1. The lowest BCUT2D eigenvalue weighted by Gasteiger charge is -1.97. The normalized spacial score (nSPS) is 10.8. The molecule has 0 aliphatic heterocycles. The second kappa shape index (κ2) is 5.59. The summed E-state index contributed by atoms with van der Waals surface area (Å²) in [5.74, 6) is 2.04. The highest BCUT2D eigenvalue weighted by Gasteiger charge is 2.04. The van der Waals surface area contributed by atoms with E-state index >= 15 is 0 Å². The highest BCUT2D eigenvalue weighted by molar-refractivity contribution is 5.52. The van der Waals surface area contributed by atoms with Crippen molar-refractivity contribution in [2.24, 2.45) is 0 Å². The molecule has 0 amide bonds. The molecule has 2 aromatic rings. The summed E-state index contributed by atoms with van der Waals surface area (Å²) in [7, 11) is 0. The van der Waals surface area contributed by atoms with Crippen LogP contribution >= 0.6 is 0 Å². The summed E-state index contributed by atoms with van der Waals surface area (Å²) in [6, 6.07) is 8.14. The van der Waals surface area contributed by atoms with Gasteiger partial charge in [-0.15, -0.1) is 0 Å². The van der Waals surface area contributed by atoms with E-state index in [2.05, 4.69) is 18.0 Å². The number of hydrogen-bond acceptors (Lipinski definition) is 1. The molecule has 0 aliphatic carbocycles. The average Bonchev–Trinajstić information content (AvgIpc) is 2.94. The van der Waals surface area contributed by atoms with Gasteiger partial charge in [0, 0.05) is 12.6 Å². The Balaban J connectivity index is 1.88. The summed E-state index contributed by atoms with van der Waals surface area (Å²) in [6.07, 6.45) is 8.11. The van der Waals surface area contributed by atoms with E-state index in [1.807, 2.05) is 24.4 Å². The molecule has 2 heteroatoms. The van der Waals surface area contributed by atoms with Crippen molar-refractivity contribution in [3.05, 3.63) is 36.2 Å². The van der Waals surface area contributed by atoms with Gasteiger partial charge in [-0.25, -0.2) is 0 Å². The topological polar surface area (TPSA) is 28.9 Å². The molecule has 16 heavy (non-hydrogen) atoms. The summed E-state index contributed by atoms with van der Waals surface area (Å²) >= 11 is 0. The van der Waals surface area contributed by atoms with Crippen LogP contribution in [0, 0.1) is 0 Å². The molecule has 2 aromatic heterocycles. The monoisotopic (exact) mass is 217 g/mol. The Bertz CT molecular complexity index is 400. The van der Waals surface area contributed by atoms with Gasteiger partial charge in [-0.3, -0.25) is 0 Å². The van der Waals surface area contributed by atoms with Crippen molar-refractivity contribution in [3.63, 3.8) is 0 Å². The van der Waals surface area contributed by atoms with Crippen molar-refractivity contribution in [1.82, 2.24) is 4.98 Å². The van der Waals surface area contributed by atoms with Crippen molar-refractivity contribution >= 4 is 0 Å². The molecule has 0 saturated carbocycles. The Kier molecular flexibility index (Phi) is 3.86. The highest BCUT2D eigenvalue weighted by Crippen LogP contribution is 2.21. The second-order valence-corrected chi connectivity index (χ2v) is 4.16. The molecule has 0 atom stereocenters. The molecule has 0 aliphatic rings. The van der Waals surface area contributed by atoms with Crippen LogP contribution in [-0.2, 0) is 6.42 Å². The minimum atomic E-state index is 0.940. The van der Waals surface area contributed by atoms with Gasteiger partial charge in [0.05, 0.1) is 5.69 Å². The van der Waals surface area contributed by atoms with Crippen molar-refractivity contribution in [1.29, 1.82) is 0 Å². The molecule has 0 unspecified atom stereocenters. The van der Waals surface area contributed by atoms with E-state index < -0.39 is 0 Å². The van der Waals surface area contributed by atoms with Crippen LogP contribution < -0.4 is 0 Å². The molecule has 0 radical (unpaired) electrons. The van der Waals surface area contributed by atoms with E-state index in [0.717, 1.165) is 23.6 Å². The predicted molar refractivity (Wildman–Crippen MR) is 66.3 cm³/mol. The minimum absolute atomic E-state index is 0.940. The first-order valence-corrected chi connectivity index (χ1v) is 6.12. The van der Waals surface area contributed by atoms with Crippen LogP contribution in [0.3, 0.4) is 0 Å². The lowest BCUT2D eigenvalue weighted by molar-refractivity contribution is 0.504. The van der Waals surface area contributed by atoms with Gasteiger partial charge in [-0.05, 0) is 30.7 Å². The summed E-state index contributed by atoms with van der Waals surface area (Å²) < 4.78 is 5.78. The van der Waals surface area contributed by atoms with Crippen molar-refractivity contribution in [2.75, 3.05) is 0 Å². The van der Waals surface area contributed by atoms with Crippen molar-refractivity contribution < 1.29 is 4.42 Å². The van der Waals surface area contributed by atoms with Gasteiger partial charge in [-0.2, -0.15) is 0 Å². The maximum Gasteiger partial charge on any atom is 0.150 e. The zero-order chi connectivity index (χ0) is 11.2. The van der Waals surface area contributed by atoms with Gasteiger partial charge >= 0.3 is 0 Å². The Morgan fingerprint density at radius 3 is 2.81 bits per heavy atom. The predicted octanol–water partition coefficient (Wildman–Crippen LogP) is 4.40. The van der Waals surface area contributed by atoms with Gasteiger partial charge < -0.3 is 9.40 Å². The van der Waals surface area contributed by atoms with Crippen molar-refractivity contribution in [3.8, 4) is 11.5 Å². The maximum atomic E-state index is 5.78. The number of H-pyrrole nitrogens is 1. The largest absolute Gasteiger partial charge is 0.460 e. The van der Waals surface area contributed by atoms with E-state index in [4.69, 9.17) is 4.42 Å². The highest BCUT2D eigenvalue weighted by atomic mass is 16.3. The van der Waals surface area contributed by atoms with E-state index in [1.54, 1.807) is 0 Å². The number of aromatic amines is 1. The average molecular weight is 217 g/mol. The molecule has 2 nitrogen and oxygen atoms in total. The van der Waals surface area contributed by atoms with Crippen LogP contribution in [0.15, 0.2) is 34.9 Å². The van der Waals surface area contributed by atoms with E-state index in [9.17, 15) is 0 Å². The number of nitrogens with one attached hydrogen (secondary N) is 1. The van der Waals surface area contributed by atoms with Crippen molar-refractivity contribution in [2.45, 2.75) is 39.0 Å². The molecule has 0 spiro atoms. The summed E-state index contributed by atoms with van der Waals surface area (Å²) in [5.41, 5.74) is 1.06. The Morgan fingerprint density at radius 1 is 1.12 bits per heavy atom. The fraction of sp³-hybridized carbons (Fsp3) is 0.429. The Morgan fingerprint density at radius 2 is 2.06 bits per heavy atom. The van der Waals surface area contributed by atoms with Crippen LogP contribution in [0.4, 0.5) is 0 Å². The first kappa shape index (κ1) is 11.1. The third-order valence-corrected chi connectivity index (χ3v) is 2.80. The Hall–Kier alpha value is -1.44. The van der Waals surface area contributed by atoms with E-state index in [0.29, 0.717) is 0 Å². The zero-order valence-electron chi connectivity index (χ0n) is 9.83. The summed E-state index contributed by atoms with van der Waals surface area (Å²) in [4.78, 5) is 3.15. The van der Waals surface area contributed by atoms with Crippen LogP contribution in [0.1, 0.15) is 38.4 Å². The second-order valence-electron chi connectivity index (χ2n) is 4.16. The first-order chi connectivity index (χ1) is 7.90. The Labute approximate surface area is 96.7 Å². The van der Waals surface area contributed by atoms with Crippen LogP contribution in [0.25, 0.3) is 11.5 Å². The van der Waals surface area contributed by atoms with Gasteiger partial charge in [0.25, 0.3) is 0 Å². The smallest absolute Gasteiger partial charge is 0.150 e. The van der Waals surface area contributed by atoms with E-state index in [1.165, 1.54) is 25.7 Å². The molecule has 0 bridgehead atoms. The van der Waals surface area contributed by atoms with Gasteiger partial charge in [0.1, 0.15) is 11.5 Å². The molecule has 0 fully saturated rings. The molecule has 86 valence electrons. The van der Waals surface area contributed by atoms with Crippen LogP contribution in [0.2, 0.25) is 0 Å². The molecular weight excluding hydrogens is 198 g/mol. The summed E-state index contributed by atoms with van der Waals surface area (Å²) in [6.45, 7) is 2.23. The number of furan rings is 1.